The highest BCUT2D eigenvalue weighted by Crippen LogP contribution is 2.32. The lowest BCUT2D eigenvalue weighted by molar-refractivity contribution is -0.124. The first-order valence-electron chi connectivity index (χ1n) is 9.46. The van der Waals surface area contributed by atoms with Crippen molar-refractivity contribution in [1.82, 2.24) is 0 Å². The molecule has 2 aliphatic heterocycles. The van der Waals surface area contributed by atoms with Crippen molar-refractivity contribution in [3.63, 3.8) is 0 Å². The Bertz CT molecular complexity index is 828. The Hall–Kier alpha value is -2.62. The van der Waals surface area contributed by atoms with E-state index in [4.69, 9.17) is 0 Å². The van der Waals surface area contributed by atoms with Gasteiger partial charge in [-0.25, -0.2) is 0 Å². The van der Waals surface area contributed by atoms with Crippen LogP contribution in [-0.2, 0) is 22.4 Å². The number of para-hydroxylation sites is 1. The summed E-state index contributed by atoms with van der Waals surface area (Å²) in [5.74, 6) is -0.143. The lowest BCUT2D eigenvalue weighted by Crippen LogP contribution is -2.40. The highest BCUT2D eigenvalue weighted by Gasteiger charge is 2.38. The lowest BCUT2D eigenvalue weighted by Gasteiger charge is -2.31. The van der Waals surface area contributed by atoms with E-state index >= 15 is 0 Å². The molecule has 134 valence electrons. The number of carbonyl (C=O) groups excluding carboxylic acids is 2. The molecular weight excluding hydrogens is 324 g/mol. The van der Waals surface area contributed by atoms with Crippen LogP contribution in [0.1, 0.15) is 30.9 Å². The molecule has 2 heterocycles. The number of anilines is 2. The molecule has 1 saturated heterocycles. The molecule has 0 bridgehead atoms. The number of fused-ring (bicyclic) bond motifs is 1. The Morgan fingerprint density at radius 3 is 2.65 bits per heavy atom. The predicted octanol–water partition coefficient (Wildman–Crippen LogP) is 3.58. The molecule has 0 radical (unpaired) electrons. The number of amides is 2. The van der Waals surface area contributed by atoms with Crippen molar-refractivity contribution in [2.75, 3.05) is 22.9 Å². The predicted molar refractivity (Wildman–Crippen MR) is 103 cm³/mol. The van der Waals surface area contributed by atoms with Crippen LogP contribution < -0.4 is 9.80 Å². The summed E-state index contributed by atoms with van der Waals surface area (Å²) in [6.07, 6.45) is 3.27. The van der Waals surface area contributed by atoms with Crippen molar-refractivity contribution < 1.29 is 9.59 Å². The largest absolute Gasteiger partial charge is 0.312 e. The Kier molecular flexibility index (Phi) is 4.49. The molecule has 2 amide bonds. The number of nitrogens with zero attached hydrogens (tertiary/aromatic N) is 2. The summed E-state index contributed by atoms with van der Waals surface area (Å²) in [6.45, 7) is 3.33. The molecule has 2 aromatic carbocycles. The van der Waals surface area contributed by atoms with E-state index in [9.17, 15) is 9.59 Å². The molecule has 4 heteroatoms. The van der Waals surface area contributed by atoms with Crippen LogP contribution >= 0.6 is 0 Å². The average Bonchev–Trinajstić information content (AvgIpc) is 3.08. The van der Waals surface area contributed by atoms with Crippen molar-refractivity contribution in [1.29, 1.82) is 0 Å². The van der Waals surface area contributed by atoms with Crippen LogP contribution in [0.2, 0.25) is 0 Å². The number of benzene rings is 2. The van der Waals surface area contributed by atoms with Crippen LogP contribution in [0, 0.1) is 5.92 Å². The van der Waals surface area contributed by atoms with E-state index in [1.165, 1.54) is 11.1 Å². The summed E-state index contributed by atoms with van der Waals surface area (Å²) < 4.78 is 0. The van der Waals surface area contributed by atoms with Crippen LogP contribution in [0.4, 0.5) is 11.4 Å². The zero-order valence-corrected chi connectivity index (χ0v) is 15.1. The van der Waals surface area contributed by atoms with Crippen molar-refractivity contribution >= 4 is 23.2 Å². The molecule has 4 nitrogen and oxygen atoms in total. The van der Waals surface area contributed by atoms with Gasteiger partial charge in [-0.1, -0.05) is 37.3 Å². The smallest absolute Gasteiger partial charge is 0.232 e. The standard InChI is InChI=1S/C22H24N2O2/c1-2-16-9-11-19(12-10-16)24-15-18(14-21(24)25)22(26)23-13-5-7-17-6-3-4-8-20(17)23/h3-4,6,8-12,18H,2,5,7,13-15H2,1H3. The third-order valence-corrected chi connectivity index (χ3v) is 5.51. The van der Waals surface area contributed by atoms with E-state index in [1.807, 2.05) is 35.2 Å². The van der Waals surface area contributed by atoms with Gasteiger partial charge in [0.2, 0.25) is 11.8 Å². The third kappa shape index (κ3) is 3.00. The Labute approximate surface area is 154 Å². The van der Waals surface area contributed by atoms with Gasteiger partial charge in [0, 0.05) is 30.9 Å². The van der Waals surface area contributed by atoms with Crippen molar-refractivity contribution in [2.45, 2.75) is 32.6 Å². The van der Waals surface area contributed by atoms with E-state index in [0.717, 1.165) is 37.2 Å². The van der Waals surface area contributed by atoms with Gasteiger partial charge in [-0.2, -0.15) is 0 Å². The summed E-state index contributed by atoms with van der Waals surface area (Å²) in [5, 5.41) is 0. The number of carbonyl (C=O) groups is 2. The highest BCUT2D eigenvalue weighted by atomic mass is 16.2. The molecule has 0 aliphatic carbocycles. The SMILES string of the molecule is CCc1ccc(N2CC(C(=O)N3CCCc4ccccc43)CC2=O)cc1. The van der Waals surface area contributed by atoms with Crippen LogP contribution in [0.3, 0.4) is 0 Å². The summed E-state index contributed by atoms with van der Waals surface area (Å²) in [5.41, 5.74) is 4.38. The van der Waals surface area contributed by atoms with Crippen molar-refractivity contribution in [3.8, 4) is 0 Å². The van der Waals surface area contributed by atoms with Crippen molar-refractivity contribution in [2.24, 2.45) is 5.92 Å². The minimum Gasteiger partial charge on any atom is -0.312 e. The van der Waals surface area contributed by atoms with Gasteiger partial charge in [0.05, 0.1) is 5.92 Å². The third-order valence-electron chi connectivity index (χ3n) is 5.51. The van der Waals surface area contributed by atoms with Crippen LogP contribution in [0.5, 0.6) is 0 Å². The first kappa shape index (κ1) is 16.8. The fraction of sp³-hybridized carbons (Fsp3) is 0.364. The van der Waals surface area contributed by atoms with Gasteiger partial charge in [-0.15, -0.1) is 0 Å². The number of aryl methyl sites for hydroxylation is 2. The van der Waals surface area contributed by atoms with Crippen molar-refractivity contribution in [3.05, 3.63) is 59.7 Å². The molecule has 2 aromatic rings. The van der Waals surface area contributed by atoms with Crippen LogP contribution in [0.15, 0.2) is 48.5 Å². The highest BCUT2D eigenvalue weighted by molar-refractivity contribution is 6.04. The molecule has 1 fully saturated rings. The van der Waals surface area contributed by atoms with Gasteiger partial charge in [-0.05, 0) is 48.6 Å². The fourth-order valence-corrected chi connectivity index (χ4v) is 4.02. The van der Waals surface area contributed by atoms with Gasteiger partial charge in [0.25, 0.3) is 0 Å². The maximum atomic E-state index is 13.1. The zero-order valence-electron chi connectivity index (χ0n) is 15.1. The van der Waals surface area contributed by atoms with E-state index in [1.54, 1.807) is 4.90 Å². The topological polar surface area (TPSA) is 40.6 Å². The summed E-state index contributed by atoms with van der Waals surface area (Å²) >= 11 is 0. The average molecular weight is 348 g/mol. The van der Waals surface area contributed by atoms with Gasteiger partial charge < -0.3 is 9.80 Å². The lowest BCUT2D eigenvalue weighted by atomic mass is 9.99. The number of rotatable bonds is 3. The molecule has 2 aliphatic rings. The van der Waals surface area contributed by atoms with Gasteiger partial charge >= 0.3 is 0 Å². The van der Waals surface area contributed by atoms with Crippen LogP contribution in [0.25, 0.3) is 0 Å². The summed E-state index contributed by atoms with van der Waals surface area (Å²) in [4.78, 5) is 29.3. The first-order chi connectivity index (χ1) is 12.7. The molecule has 1 unspecified atom stereocenters. The van der Waals surface area contributed by atoms with E-state index in [-0.39, 0.29) is 17.7 Å². The molecule has 0 aromatic heterocycles. The Morgan fingerprint density at radius 2 is 1.88 bits per heavy atom. The molecule has 0 spiro atoms. The first-order valence-corrected chi connectivity index (χ1v) is 9.46. The second-order valence-electron chi connectivity index (χ2n) is 7.15. The quantitative estimate of drug-likeness (QED) is 0.851. The summed E-state index contributed by atoms with van der Waals surface area (Å²) in [6, 6.07) is 16.2. The van der Waals surface area contributed by atoms with Crippen LogP contribution in [-0.4, -0.2) is 24.9 Å². The monoisotopic (exact) mass is 348 g/mol. The fourth-order valence-electron chi connectivity index (χ4n) is 4.02. The van der Waals surface area contributed by atoms with Gasteiger partial charge in [0.15, 0.2) is 0 Å². The van der Waals surface area contributed by atoms with Gasteiger partial charge in [0.1, 0.15) is 0 Å². The number of hydrogen-bond acceptors (Lipinski definition) is 2. The Morgan fingerprint density at radius 1 is 1.12 bits per heavy atom. The second-order valence-corrected chi connectivity index (χ2v) is 7.15. The van der Waals surface area contributed by atoms with E-state index < -0.39 is 0 Å². The maximum absolute atomic E-state index is 13.1. The molecule has 26 heavy (non-hydrogen) atoms. The van der Waals surface area contributed by atoms with Gasteiger partial charge in [-0.3, -0.25) is 9.59 Å². The molecule has 0 saturated carbocycles. The minimum absolute atomic E-state index is 0.0397. The zero-order chi connectivity index (χ0) is 18.1. The normalized spacial score (nSPS) is 19.6. The minimum atomic E-state index is -0.264. The molecular formula is C22H24N2O2. The molecule has 0 N–H and O–H groups in total. The molecule has 1 atom stereocenters. The van der Waals surface area contributed by atoms with E-state index in [0.29, 0.717) is 13.0 Å². The summed E-state index contributed by atoms with van der Waals surface area (Å²) in [7, 11) is 0. The number of hydrogen-bond donors (Lipinski definition) is 0. The second kappa shape index (κ2) is 6.94. The van der Waals surface area contributed by atoms with E-state index in [2.05, 4.69) is 25.1 Å². The maximum Gasteiger partial charge on any atom is 0.232 e. The Balaban J connectivity index is 1.52. The molecule has 4 rings (SSSR count).